The maximum absolute atomic E-state index is 11.1. The molecule has 3 nitrogen and oxygen atoms in total. The molecule has 0 aromatic rings. The van der Waals surface area contributed by atoms with Crippen LogP contribution in [-0.4, -0.2) is 25.7 Å². The summed E-state index contributed by atoms with van der Waals surface area (Å²) in [7, 11) is 1.47. The lowest BCUT2D eigenvalue weighted by Crippen LogP contribution is -2.27. The van der Waals surface area contributed by atoms with E-state index < -0.39 is 0 Å². The summed E-state index contributed by atoms with van der Waals surface area (Å²) in [5.74, 6) is 1.31. The second kappa shape index (κ2) is 2.21. The molecule has 3 heteroatoms. The fourth-order valence-electron chi connectivity index (χ4n) is 2.27. The number of hydrogen-bond acceptors (Lipinski definition) is 3. The summed E-state index contributed by atoms with van der Waals surface area (Å²) in [5, 5.41) is 3.32. The molecule has 0 radical (unpaired) electrons. The fraction of sp³-hybridized carbons (Fsp3) is 0.875. The van der Waals surface area contributed by atoms with E-state index in [-0.39, 0.29) is 11.9 Å². The quantitative estimate of drug-likeness (QED) is 0.542. The van der Waals surface area contributed by atoms with Gasteiger partial charge in [-0.05, 0) is 25.3 Å². The van der Waals surface area contributed by atoms with Crippen molar-refractivity contribution in [3.8, 4) is 0 Å². The van der Waals surface area contributed by atoms with Crippen molar-refractivity contribution < 1.29 is 9.53 Å². The van der Waals surface area contributed by atoms with Crippen molar-refractivity contribution in [2.75, 3.05) is 13.7 Å². The zero-order valence-corrected chi connectivity index (χ0v) is 6.83. The van der Waals surface area contributed by atoms with Crippen LogP contribution in [0.1, 0.15) is 6.92 Å². The lowest BCUT2D eigenvalue weighted by atomic mass is 10.2. The van der Waals surface area contributed by atoms with E-state index in [2.05, 4.69) is 12.2 Å². The number of carbonyl (C=O) groups excluding carboxylic acids is 1. The third-order valence-electron chi connectivity index (χ3n) is 2.96. The summed E-state index contributed by atoms with van der Waals surface area (Å²) < 4.78 is 4.69. The molecule has 4 atom stereocenters. The van der Waals surface area contributed by atoms with Gasteiger partial charge in [-0.25, -0.2) is 0 Å². The van der Waals surface area contributed by atoms with Gasteiger partial charge in [0.1, 0.15) is 0 Å². The highest BCUT2D eigenvalue weighted by molar-refractivity contribution is 5.77. The highest BCUT2D eigenvalue weighted by atomic mass is 16.5. The largest absolute Gasteiger partial charge is 0.469 e. The van der Waals surface area contributed by atoms with Crippen LogP contribution in [0.4, 0.5) is 0 Å². The molecule has 2 rings (SSSR count). The van der Waals surface area contributed by atoms with Crippen molar-refractivity contribution in [2.45, 2.75) is 13.0 Å². The van der Waals surface area contributed by atoms with Crippen molar-refractivity contribution in [3.05, 3.63) is 0 Å². The van der Waals surface area contributed by atoms with Crippen LogP contribution in [0.15, 0.2) is 0 Å². The van der Waals surface area contributed by atoms with Gasteiger partial charge in [-0.3, -0.25) is 4.79 Å². The van der Waals surface area contributed by atoms with Crippen molar-refractivity contribution >= 4 is 5.97 Å². The first-order valence-corrected chi connectivity index (χ1v) is 4.07. The van der Waals surface area contributed by atoms with Crippen molar-refractivity contribution in [2.24, 2.45) is 17.8 Å². The molecule has 1 heterocycles. The first-order valence-electron chi connectivity index (χ1n) is 4.07. The number of fused-ring (bicyclic) bond motifs is 1. The van der Waals surface area contributed by atoms with Gasteiger partial charge in [-0.2, -0.15) is 0 Å². The molecule has 0 amide bonds. The lowest BCUT2D eigenvalue weighted by molar-refractivity contribution is -0.143. The molecular formula is C8H13NO2. The van der Waals surface area contributed by atoms with E-state index in [0.717, 1.165) is 6.54 Å². The lowest BCUT2D eigenvalue weighted by Gasteiger charge is -2.08. The predicted molar refractivity (Wildman–Crippen MR) is 40.0 cm³/mol. The molecule has 1 saturated heterocycles. The van der Waals surface area contributed by atoms with E-state index in [0.29, 0.717) is 17.9 Å². The molecule has 0 aromatic carbocycles. The van der Waals surface area contributed by atoms with Gasteiger partial charge < -0.3 is 10.1 Å². The topological polar surface area (TPSA) is 38.3 Å². The van der Waals surface area contributed by atoms with Crippen molar-refractivity contribution in [1.82, 2.24) is 5.32 Å². The predicted octanol–water partition coefficient (Wildman–Crippen LogP) is 0.0133. The van der Waals surface area contributed by atoms with E-state index in [9.17, 15) is 4.79 Å². The molecule has 11 heavy (non-hydrogen) atoms. The van der Waals surface area contributed by atoms with Crippen LogP contribution in [0.3, 0.4) is 0 Å². The molecule has 0 bridgehead atoms. The first-order chi connectivity index (χ1) is 5.25. The first kappa shape index (κ1) is 7.10. The van der Waals surface area contributed by atoms with Gasteiger partial charge in [-0.15, -0.1) is 0 Å². The standard InChI is InChI=1S/C8H13NO2/c1-4-6-5(3-9-4)7(6)8(10)11-2/h4-7,9H,3H2,1-2H3/t4-,5+,6-,7-/m1/s1. The Bertz CT molecular complexity index is 193. The summed E-state index contributed by atoms with van der Waals surface area (Å²) in [6, 6.07) is 0.504. The molecule has 2 aliphatic rings. The average molecular weight is 155 g/mol. The Morgan fingerprint density at radius 3 is 2.82 bits per heavy atom. The van der Waals surface area contributed by atoms with Gasteiger partial charge in [0.05, 0.1) is 13.0 Å². The van der Waals surface area contributed by atoms with Gasteiger partial charge in [0, 0.05) is 6.04 Å². The number of rotatable bonds is 1. The maximum atomic E-state index is 11.1. The highest BCUT2D eigenvalue weighted by Crippen LogP contribution is 2.52. The SMILES string of the molecule is COC(=O)[C@@H]1[C@H]2CN[C@H](C)[C@H]21. The van der Waals surface area contributed by atoms with E-state index in [1.807, 2.05) is 0 Å². The molecular weight excluding hydrogens is 142 g/mol. The number of piperidine rings is 1. The minimum atomic E-state index is -0.0200. The second-order valence-electron chi connectivity index (χ2n) is 3.49. The molecule has 0 spiro atoms. The zero-order chi connectivity index (χ0) is 8.01. The Labute approximate surface area is 66.1 Å². The summed E-state index contributed by atoms with van der Waals surface area (Å²) in [5.41, 5.74) is 0. The molecule has 2 fully saturated rings. The Balaban J connectivity index is 1.99. The number of hydrogen-bond donors (Lipinski definition) is 1. The van der Waals surface area contributed by atoms with Crippen LogP contribution in [0.25, 0.3) is 0 Å². The second-order valence-corrected chi connectivity index (χ2v) is 3.49. The van der Waals surface area contributed by atoms with Crippen molar-refractivity contribution in [1.29, 1.82) is 0 Å². The van der Waals surface area contributed by atoms with Gasteiger partial charge in [-0.1, -0.05) is 0 Å². The zero-order valence-electron chi connectivity index (χ0n) is 6.83. The molecule has 1 aliphatic heterocycles. The monoisotopic (exact) mass is 155 g/mol. The Morgan fingerprint density at radius 2 is 2.36 bits per heavy atom. The molecule has 1 aliphatic carbocycles. The molecule has 0 aromatic heterocycles. The Morgan fingerprint density at radius 1 is 1.64 bits per heavy atom. The van der Waals surface area contributed by atoms with Crippen LogP contribution in [-0.2, 0) is 9.53 Å². The fourth-order valence-corrected chi connectivity index (χ4v) is 2.27. The number of ether oxygens (including phenoxy) is 1. The third kappa shape index (κ3) is 0.872. The highest BCUT2D eigenvalue weighted by Gasteiger charge is 2.60. The normalized spacial score (nSPS) is 46.7. The maximum Gasteiger partial charge on any atom is 0.309 e. The summed E-state index contributed by atoms with van der Waals surface area (Å²) in [6.45, 7) is 3.12. The minimum Gasteiger partial charge on any atom is -0.469 e. The molecule has 1 saturated carbocycles. The molecule has 0 unspecified atom stereocenters. The number of esters is 1. The van der Waals surface area contributed by atoms with Gasteiger partial charge in [0.15, 0.2) is 0 Å². The van der Waals surface area contributed by atoms with Crippen molar-refractivity contribution in [3.63, 3.8) is 0 Å². The van der Waals surface area contributed by atoms with Gasteiger partial charge in [0.25, 0.3) is 0 Å². The van der Waals surface area contributed by atoms with E-state index in [4.69, 9.17) is 4.74 Å². The molecule has 62 valence electrons. The average Bonchev–Trinajstić information content (AvgIpc) is 2.63. The number of methoxy groups -OCH3 is 1. The Hall–Kier alpha value is -0.570. The number of carbonyl (C=O) groups is 1. The van der Waals surface area contributed by atoms with Gasteiger partial charge >= 0.3 is 5.97 Å². The Kier molecular flexibility index (Phi) is 1.42. The van der Waals surface area contributed by atoms with E-state index in [1.165, 1.54) is 7.11 Å². The van der Waals surface area contributed by atoms with Crippen LogP contribution < -0.4 is 5.32 Å². The minimum absolute atomic E-state index is 0.0200. The van der Waals surface area contributed by atoms with Crippen LogP contribution in [0.2, 0.25) is 0 Å². The summed E-state index contributed by atoms with van der Waals surface area (Å²) >= 11 is 0. The van der Waals surface area contributed by atoms with Crippen LogP contribution in [0, 0.1) is 17.8 Å². The summed E-state index contributed by atoms with van der Waals surface area (Å²) in [4.78, 5) is 11.1. The smallest absolute Gasteiger partial charge is 0.309 e. The molecule has 1 N–H and O–H groups in total. The summed E-state index contributed by atoms with van der Waals surface area (Å²) in [6.07, 6.45) is 0. The third-order valence-corrected chi connectivity index (χ3v) is 2.96. The van der Waals surface area contributed by atoms with Crippen LogP contribution in [0.5, 0.6) is 0 Å². The van der Waals surface area contributed by atoms with E-state index >= 15 is 0 Å². The van der Waals surface area contributed by atoms with E-state index in [1.54, 1.807) is 0 Å². The van der Waals surface area contributed by atoms with Crippen LogP contribution >= 0.6 is 0 Å². The number of nitrogens with one attached hydrogen (secondary N) is 1. The van der Waals surface area contributed by atoms with Gasteiger partial charge in [0.2, 0.25) is 0 Å².